The quantitative estimate of drug-likeness (QED) is 0.493. The highest BCUT2D eigenvalue weighted by atomic mass is 15.2. The summed E-state index contributed by atoms with van der Waals surface area (Å²) < 4.78 is 0. The van der Waals surface area contributed by atoms with Crippen molar-refractivity contribution in [2.75, 3.05) is 6.54 Å². The van der Waals surface area contributed by atoms with Gasteiger partial charge in [-0.3, -0.25) is 5.41 Å². The van der Waals surface area contributed by atoms with Gasteiger partial charge in [0.25, 0.3) is 0 Å². The minimum absolute atomic E-state index is 0.454. The Morgan fingerprint density at radius 2 is 1.73 bits per heavy atom. The average Bonchev–Trinajstić information content (AvgIpc) is 1.81. The van der Waals surface area contributed by atoms with Gasteiger partial charge in [0.1, 0.15) is 0 Å². The maximum atomic E-state index is 7.50. The predicted molar refractivity (Wildman–Crippen MR) is 50.1 cm³/mol. The largest absolute Gasteiger partial charge is 0.358 e. The van der Waals surface area contributed by atoms with E-state index < -0.39 is 0 Å². The molecule has 0 aromatic carbocycles. The van der Waals surface area contributed by atoms with E-state index in [9.17, 15) is 0 Å². The molecule has 0 fully saturated rings. The van der Waals surface area contributed by atoms with Crippen LogP contribution in [0.2, 0.25) is 0 Å². The summed E-state index contributed by atoms with van der Waals surface area (Å²) in [6.07, 6.45) is 0. The van der Waals surface area contributed by atoms with Crippen LogP contribution < -0.4 is 0 Å². The van der Waals surface area contributed by atoms with Gasteiger partial charge in [0.15, 0.2) is 0 Å². The molecule has 0 aliphatic heterocycles. The molecule has 0 amide bonds. The Kier molecular flexibility index (Phi) is 4.16. The molecule has 0 spiro atoms. The van der Waals surface area contributed by atoms with E-state index >= 15 is 0 Å². The highest BCUT2D eigenvalue weighted by Crippen LogP contribution is 2.03. The Bertz CT molecular complexity index is 128. The van der Waals surface area contributed by atoms with Gasteiger partial charge in [0.05, 0.1) is 5.84 Å². The van der Waals surface area contributed by atoms with Gasteiger partial charge in [-0.2, -0.15) is 0 Å². The second-order valence-electron chi connectivity index (χ2n) is 3.73. The van der Waals surface area contributed by atoms with Crippen LogP contribution in [0.3, 0.4) is 0 Å². The fourth-order valence-corrected chi connectivity index (χ4v) is 1.13. The van der Waals surface area contributed by atoms with Crippen molar-refractivity contribution in [2.24, 2.45) is 5.92 Å². The summed E-state index contributed by atoms with van der Waals surface area (Å²) in [5.74, 6) is 1.31. The van der Waals surface area contributed by atoms with Crippen molar-refractivity contribution < 1.29 is 0 Å². The first-order chi connectivity index (χ1) is 4.95. The second kappa shape index (κ2) is 4.37. The molecule has 0 aromatic heterocycles. The molecule has 0 unspecified atom stereocenters. The molecule has 0 radical (unpaired) electrons. The van der Waals surface area contributed by atoms with E-state index in [0.717, 1.165) is 6.54 Å². The summed E-state index contributed by atoms with van der Waals surface area (Å²) in [6.45, 7) is 11.5. The molecule has 0 aliphatic rings. The zero-order chi connectivity index (χ0) is 9.02. The Hall–Kier alpha value is -0.530. The number of rotatable bonds is 3. The second-order valence-corrected chi connectivity index (χ2v) is 3.73. The standard InChI is InChI=1S/C9H20N2/c1-7(2)6-11(8(3)4)9(5)10/h7-8,10H,6H2,1-5H3. The van der Waals surface area contributed by atoms with Crippen molar-refractivity contribution in [1.82, 2.24) is 4.90 Å². The lowest BCUT2D eigenvalue weighted by Gasteiger charge is -2.29. The zero-order valence-corrected chi connectivity index (χ0v) is 8.31. The van der Waals surface area contributed by atoms with Crippen molar-refractivity contribution in [3.8, 4) is 0 Å². The van der Waals surface area contributed by atoms with Gasteiger partial charge < -0.3 is 4.90 Å². The van der Waals surface area contributed by atoms with Crippen LogP contribution in [0.1, 0.15) is 34.6 Å². The lowest BCUT2D eigenvalue weighted by atomic mass is 10.2. The fourth-order valence-electron chi connectivity index (χ4n) is 1.13. The number of amidine groups is 1. The van der Waals surface area contributed by atoms with E-state index in [-0.39, 0.29) is 0 Å². The predicted octanol–water partition coefficient (Wildman–Crippen LogP) is 2.35. The Labute approximate surface area is 70.1 Å². The van der Waals surface area contributed by atoms with Gasteiger partial charge in [0, 0.05) is 12.6 Å². The first-order valence-electron chi connectivity index (χ1n) is 4.27. The molecule has 66 valence electrons. The SMILES string of the molecule is CC(=N)N(CC(C)C)C(C)C. The lowest BCUT2D eigenvalue weighted by molar-refractivity contribution is 0.308. The first-order valence-corrected chi connectivity index (χ1v) is 4.27. The minimum atomic E-state index is 0.454. The van der Waals surface area contributed by atoms with Gasteiger partial charge >= 0.3 is 0 Å². The summed E-state index contributed by atoms with van der Waals surface area (Å²) >= 11 is 0. The molecule has 11 heavy (non-hydrogen) atoms. The molecule has 2 nitrogen and oxygen atoms in total. The lowest BCUT2D eigenvalue weighted by Crippen LogP contribution is -2.37. The molecule has 1 N–H and O–H groups in total. The molecule has 0 aliphatic carbocycles. The van der Waals surface area contributed by atoms with Crippen LogP contribution in [0.25, 0.3) is 0 Å². The van der Waals surface area contributed by atoms with Gasteiger partial charge in [-0.05, 0) is 26.7 Å². The van der Waals surface area contributed by atoms with E-state index in [1.54, 1.807) is 0 Å². The van der Waals surface area contributed by atoms with E-state index in [0.29, 0.717) is 17.8 Å². The molecular weight excluding hydrogens is 136 g/mol. The minimum Gasteiger partial charge on any atom is -0.358 e. The van der Waals surface area contributed by atoms with Crippen LogP contribution in [0.4, 0.5) is 0 Å². The van der Waals surface area contributed by atoms with E-state index in [2.05, 4.69) is 32.6 Å². The van der Waals surface area contributed by atoms with E-state index in [4.69, 9.17) is 5.41 Å². The molecule has 0 saturated carbocycles. The maximum Gasteiger partial charge on any atom is 0.0928 e. The highest BCUT2D eigenvalue weighted by Gasteiger charge is 2.10. The normalized spacial score (nSPS) is 10.8. The van der Waals surface area contributed by atoms with Gasteiger partial charge in [-0.15, -0.1) is 0 Å². The van der Waals surface area contributed by atoms with Crippen molar-refractivity contribution in [1.29, 1.82) is 5.41 Å². The van der Waals surface area contributed by atoms with Crippen LogP contribution in [0, 0.1) is 11.3 Å². The smallest absolute Gasteiger partial charge is 0.0928 e. The summed E-state index contributed by atoms with van der Waals surface area (Å²) in [7, 11) is 0. The number of nitrogens with one attached hydrogen (secondary N) is 1. The summed E-state index contributed by atoms with van der Waals surface area (Å²) in [4.78, 5) is 2.12. The fraction of sp³-hybridized carbons (Fsp3) is 0.889. The molecule has 0 bridgehead atoms. The van der Waals surface area contributed by atoms with Crippen LogP contribution in [-0.2, 0) is 0 Å². The number of hydrogen-bond acceptors (Lipinski definition) is 1. The summed E-state index contributed by atoms with van der Waals surface area (Å²) in [6, 6.07) is 0.454. The topological polar surface area (TPSA) is 27.1 Å². The molecule has 0 heterocycles. The summed E-state index contributed by atoms with van der Waals surface area (Å²) in [5.41, 5.74) is 0. The molecule has 0 aromatic rings. The highest BCUT2D eigenvalue weighted by molar-refractivity contribution is 5.76. The summed E-state index contributed by atoms with van der Waals surface area (Å²) in [5, 5.41) is 7.50. The monoisotopic (exact) mass is 156 g/mol. The number of nitrogens with zero attached hydrogens (tertiary/aromatic N) is 1. The third kappa shape index (κ3) is 4.02. The molecule has 2 heteroatoms. The molecule has 0 atom stereocenters. The molecular formula is C9H20N2. The van der Waals surface area contributed by atoms with Gasteiger partial charge in [0.2, 0.25) is 0 Å². The van der Waals surface area contributed by atoms with E-state index in [1.807, 2.05) is 6.92 Å². The van der Waals surface area contributed by atoms with Gasteiger partial charge in [-0.25, -0.2) is 0 Å². The van der Waals surface area contributed by atoms with Crippen molar-refractivity contribution in [3.63, 3.8) is 0 Å². The first kappa shape index (κ1) is 10.5. The third-order valence-corrected chi connectivity index (χ3v) is 1.62. The number of hydrogen-bond donors (Lipinski definition) is 1. The van der Waals surface area contributed by atoms with Crippen LogP contribution in [-0.4, -0.2) is 23.3 Å². The van der Waals surface area contributed by atoms with Crippen LogP contribution in [0.5, 0.6) is 0 Å². The zero-order valence-electron chi connectivity index (χ0n) is 8.31. The Morgan fingerprint density at radius 3 is 1.82 bits per heavy atom. The van der Waals surface area contributed by atoms with Crippen molar-refractivity contribution in [2.45, 2.75) is 40.7 Å². The maximum absolute atomic E-state index is 7.50. The average molecular weight is 156 g/mol. The Morgan fingerprint density at radius 1 is 1.27 bits per heavy atom. The van der Waals surface area contributed by atoms with Crippen molar-refractivity contribution >= 4 is 5.84 Å². The molecule has 0 saturated heterocycles. The Balaban J connectivity index is 4.01. The van der Waals surface area contributed by atoms with Gasteiger partial charge in [-0.1, -0.05) is 13.8 Å². The van der Waals surface area contributed by atoms with Crippen molar-refractivity contribution in [3.05, 3.63) is 0 Å². The van der Waals surface area contributed by atoms with Crippen LogP contribution in [0.15, 0.2) is 0 Å². The molecule has 0 rings (SSSR count). The third-order valence-electron chi connectivity index (χ3n) is 1.62. The van der Waals surface area contributed by atoms with Crippen LogP contribution >= 0.6 is 0 Å². The van der Waals surface area contributed by atoms with E-state index in [1.165, 1.54) is 0 Å².